The summed E-state index contributed by atoms with van der Waals surface area (Å²) in [7, 11) is 1.72. The van der Waals surface area contributed by atoms with Crippen LogP contribution in [0.25, 0.3) is 0 Å². The van der Waals surface area contributed by atoms with Crippen LogP contribution in [0.5, 0.6) is 0 Å². The minimum Gasteiger partial charge on any atom is -0.398 e. The molecule has 18 heavy (non-hydrogen) atoms. The second-order valence-corrected chi connectivity index (χ2v) is 3.99. The van der Waals surface area contributed by atoms with Crippen LogP contribution in [0.1, 0.15) is 15.9 Å². The van der Waals surface area contributed by atoms with Crippen LogP contribution < -0.4 is 5.73 Å². The first-order valence-corrected chi connectivity index (χ1v) is 5.52. The fourth-order valence-corrected chi connectivity index (χ4v) is 1.64. The Bertz CT molecular complexity index is 542. The molecule has 5 heteroatoms. The zero-order valence-electron chi connectivity index (χ0n) is 10.1. The lowest BCUT2D eigenvalue weighted by atomic mass is 10.1. The van der Waals surface area contributed by atoms with Gasteiger partial charge in [-0.1, -0.05) is 18.2 Å². The number of carbonyl (C=O) groups excluding carboxylic acids is 1. The van der Waals surface area contributed by atoms with Crippen molar-refractivity contribution in [3.05, 3.63) is 54.1 Å². The standard InChI is InChI=1S/C13H14N4O/c1-17(8-10-4-2-3-5-12(10)14)13(18)11-6-15-9-16-7-11/h2-7,9H,8,14H2,1H3. The van der Waals surface area contributed by atoms with Crippen molar-refractivity contribution >= 4 is 11.6 Å². The highest BCUT2D eigenvalue weighted by Crippen LogP contribution is 2.13. The molecule has 92 valence electrons. The molecule has 0 fully saturated rings. The maximum atomic E-state index is 12.1. The smallest absolute Gasteiger partial charge is 0.257 e. The van der Waals surface area contributed by atoms with E-state index < -0.39 is 0 Å². The third kappa shape index (κ3) is 2.63. The molecule has 2 N–H and O–H groups in total. The van der Waals surface area contributed by atoms with Gasteiger partial charge < -0.3 is 10.6 Å². The molecule has 1 aromatic heterocycles. The minimum atomic E-state index is -0.126. The molecular weight excluding hydrogens is 228 g/mol. The van der Waals surface area contributed by atoms with E-state index in [9.17, 15) is 4.79 Å². The number of carbonyl (C=O) groups is 1. The van der Waals surface area contributed by atoms with Gasteiger partial charge in [0.1, 0.15) is 6.33 Å². The van der Waals surface area contributed by atoms with Crippen LogP contribution in [0.2, 0.25) is 0 Å². The largest absolute Gasteiger partial charge is 0.398 e. The third-order valence-electron chi connectivity index (χ3n) is 2.62. The lowest BCUT2D eigenvalue weighted by Crippen LogP contribution is -2.26. The summed E-state index contributed by atoms with van der Waals surface area (Å²) in [6, 6.07) is 7.49. The number of nitrogen functional groups attached to an aromatic ring is 1. The number of rotatable bonds is 3. The van der Waals surface area contributed by atoms with Crippen molar-refractivity contribution in [3.8, 4) is 0 Å². The number of nitrogens with zero attached hydrogens (tertiary/aromatic N) is 3. The lowest BCUT2D eigenvalue weighted by Gasteiger charge is -2.17. The average Bonchev–Trinajstić information content (AvgIpc) is 2.41. The molecule has 0 bridgehead atoms. The van der Waals surface area contributed by atoms with Crippen LogP contribution >= 0.6 is 0 Å². The highest BCUT2D eigenvalue weighted by atomic mass is 16.2. The Kier molecular flexibility index (Phi) is 3.52. The van der Waals surface area contributed by atoms with Crippen molar-refractivity contribution in [1.82, 2.24) is 14.9 Å². The number of hydrogen-bond donors (Lipinski definition) is 1. The van der Waals surface area contributed by atoms with Gasteiger partial charge in [-0.2, -0.15) is 0 Å². The van der Waals surface area contributed by atoms with Gasteiger partial charge in [0.15, 0.2) is 0 Å². The molecule has 0 atom stereocenters. The van der Waals surface area contributed by atoms with Crippen LogP contribution in [0, 0.1) is 0 Å². The van der Waals surface area contributed by atoms with Crippen molar-refractivity contribution in [2.75, 3.05) is 12.8 Å². The van der Waals surface area contributed by atoms with Gasteiger partial charge in [-0.25, -0.2) is 9.97 Å². The Balaban J connectivity index is 2.11. The SMILES string of the molecule is CN(Cc1ccccc1N)C(=O)c1cncnc1. The van der Waals surface area contributed by atoms with E-state index in [4.69, 9.17) is 5.73 Å². The van der Waals surface area contributed by atoms with E-state index in [0.717, 1.165) is 5.56 Å². The number of para-hydroxylation sites is 1. The molecule has 0 saturated heterocycles. The normalized spacial score (nSPS) is 10.1. The number of amides is 1. The number of anilines is 1. The summed E-state index contributed by atoms with van der Waals surface area (Å²) in [6.07, 6.45) is 4.40. The first-order chi connectivity index (χ1) is 8.68. The maximum Gasteiger partial charge on any atom is 0.257 e. The second-order valence-electron chi connectivity index (χ2n) is 3.99. The van der Waals surface area contributed by atoms with E-state index in [1.807, 2.05) is 24.3 Å². The number of benzene rings is 1. The summed E-state index contributed by atoms with van der Waals surface area (Å²) in [5.74, 6) is -0.126. The highest BCUT2D eigenvalue weighted by molar-refractivity contribution is 5.93. The monoisotopic (exact) mass is 242 g/mol. The molecule has 0 radical (unpaired) electrons. The van der Waals surface area contributed by atoms with Gasteiger partial charge in [-0.05, 0) is 11.6 Å². The second kappa shape index (κ2) is 5.27. The van der Waals surface area contributed by atoms with Gasteiger partial charge in [0.05, 0.1) is 5.56 Å². The summed E-state index contributed by atoms with van der Waals surface area (Å²) in [5.41, 5.74) is 7.92. The van der Waals surface area contributed by atoms with Crippen molar-refractivity contribution in [2.45, 2.75) is 6.54 Å². The summed E-state index contributed by atoms with van der Waals surface area (Å²) in [4.78, 5) is 21.3. The molecular formula is C13H14N4O. The number of aromatic nitrogens is 2. The molecule has 2 aromatic rings. The van der Waals surface area contributed by atoms with Gasteiger partial charge in [0, 0.05) is 31.7 Å². The zero-order chi connectivity index (χ0) is 13.0. The molecule has 0 unspecified atom stereocenters. The molecule has 0 aliphatic rings. The van der Waals surface area contributed by atoms with Crippen molar-refractivity contribution in [2.24, 2.45) is 0 Å². The minimum absolute atomic E-state index is 0.126. The predicted octanol–water partition coefficient (Wildman–Crippen LogP) is 1.33. The highest BCUT2D eigenvalue weighted by Gasteiger charge is 2.13. The van der Waals surface area contributed by atoms with E-state index in [-0.39, 0.29) is 5.91 Å². The average molecular weight is 242 g/mol. The molecule has 1 heterocycles. The number of hydrogen-bond acceptors (Lipinski definition) is 4. The summed E-state index contributed by atoms with van der Waals surface area (Å²) < 4.78 is 0. The Morgan fingerprint density at radius 2 is 1.94 bits per heavy atom. The Labute approximate surface area is 105 Å². The van der Waals surface area contributed by atoms with E-state index in [1.165, 1.54) is 18.7 Å². The van der Waals surface area contributed by atoms with Gasteiger partial charge in [0.25, 0.3) is 5.91 Å². The van der Waals surface area contributed by atoms with Crippen LogP contribution in [-0.2, 0) is 6.54 Å². The van der Waals surface area contributed by atoms with Crippen LogP contribution in [0.3, 0.4) is 0 Å². The van der Waals surface area contributed by atoms with E-state index >= 15 is 0 Å². The summed E-state index contributed by atoms with van der Waals surface area (Å²) >= 11 is 0. The van der Waals surface area contributed by atoms with Crippen molar-refractivity contribution in [1.29, 1.82) is 0 Å². The first-order valence-electron chi connectivity index (χ1n) is 5.52. The van der Waals surface area contributed by atoms with Crippen molar-refractivity contribution in [3.63, 3.8) is 0 Å². The molecule has 0 aliphatic carbocycles. The molecule has 1 amide bonds. The van der Waals surface area contributed by atoms with E-state index in [1.54, 1.807) is 11.9 Å². The van der Waals surface area contributed by atoms with E-state index in [2.05, 4.69) is 9.97 Å². The number of nitrogens with two attached hydrogens (primary N) is 1. The molecule has 2 rings (SSSR count). The lowest BCUT2D eigenvalue weighted by molar-refractivity contribution is 0.0784. The van der Waals surface area contributed by atoms with Gasteiger partial charge in [-0.15, -0.1) is 0 Å². The molecule has 5 nitrogen and oxygen atoms in total. The summed E-state index contributed by atoms with van der Waals surface area (Å²) in [6.45, 7) is 0.459. The molecule has 0 saturated carbocycles. The van der Waals surface area contributed by atoms with Gasteiger partial charge in [-0.3, -0.25) is 4.79 Å². The van der Waals surface area contributed by atoms with Crippen LogP contribution in [0.4, 0.5) is 5.69 Å². The van der Waals surface area contributed by atoms with Crippen LogP contribution in [-0.4, -0.2) is 27.8 Å². The molecule has 1 aromatic carbocycles. The van der Waals surface area contributed by atoms with Gasteiger partial charge >= 0.3 is 0 Å². The van der Waals surface area contributed by atoms with Gasteiger partial charge in [0.2, 0.25) is 0 Å². The fraction of sp³-hybridized carbons (Fsp3) is 0.154. The molecule has 0 aliphatic heterocycles. The Hall–Kier alpha value is -2.43. The Morgan fingerprint density at radius 1 is 1.28 bits per heavy atom. The predicted molar refractivity (Wildman–Crippen MR) is 68.7 cm³/mol. The fourth-order valence-electron chi connectivity index (χ4n) is 1.64. The van der Waals surface area contributed by atoms with Crippen molar-refractivity contribution < 1.29 is 4.79 Å². The van der Waals surface area contributed by atoms with Crippen LogP contribution in [0.15, 0.2) is 43.0 Å². The zero-order valence-corrected chi connectivity index (χ0v) is 10.1. The van der Waals surface area contributed by atoms with E-state index in [0.29, 0.717) is 17.8 Å². The molecule has 0 spiro atoms. The maximum absolute atomic E-state index is 12.1. The Morgan fingerprint density at radius 3 is 2.61 bits per heavy atom. The topological polar surface area (TPSA) is 72.1 Å². The first kappa shape index (κ1) is 12.0. The third-order valence-corrected chi connectivity index (χ3v) is 2.62. The quantitative estimate of drug-likeness (QED) is 0.824. The summed E-state index contributed by atoms with van der Waals surface area (Å²) in [5, 5.41) is 0.